The Hall–Kier alpha value is -4.24. The van der Waals surface area contributed by atoms with Gasteiger partial charge in [0.15, 0.2) is 5.13 Å². The van der Waals surface area contributed by atoms with Crippen LogP contribution in [0.5, 0.6) is 0 Å². The second-order valence-electron chi connectivity index (χ2n) is 8.74. The number of carbonyl (C=O) groups excluding carboxylic acids is 3. The summed E-state index contributed by atoms with van der Waals surface area (Å²) >= 11 is 1.41. The summed E-state index contributed by atoms with van der Waals surface area (Å²) in [7, 11) is 0. The van der Waals surface area contributed by atoms with Crippen LogP contribution in [0.25, 0.3) is 10.2 Å². The third-order valence-electron chi connectivity index (χ3n) is 6.40. The Kier molecular flexibility index (Phi) is 7.14. The molecule has 188 valence electrons. The average Bonchev–Trinajstić information content (AvgIpc) is 3.35. The zero-order chi connectivity index (χ0) is 25.8. The zero-order valence-electron chi connectivity index (χ0n) is 20.4. The number of nitrogens with one attached hydrogen (secondary N) is 2. The lowest BCUT2D eigenvalue weighted by molar-refractivity contribution is 0.0671. The molecule has 1 aliphatic rings. The zero-order valence-corrected chi connectivity index (χ0v) is 21.3. The molecule has 2 N–H and O–H groups in total. The van der Waals surface area contributed by atoms with Gasteiger partial charge in [-0.05, 0) is 54.4 Å². The molecule has 0 atom stereocenters. The van der Waals surface area contributed by atoms with Gasteiger partial charge in [0.1, 0.15) is 0 Å². The summed E-state index contributed by atoms with van der Waals surface area (Å²) in [5.74, 6) is -0.392. The van der Waals surface area contributed by atoms with Crippen molar-refractivity contribution in [2.45, 2.75) is 13.3 Å². The van der Waals surface area contributed by atoms with E-state index in [9.17, 15) is 14.4 Å². The topological polar surface area (TPSA) is 94.6 Å². The van der Waals surface area contributed by atoms with Crippen molar-refractivity contribution in [3.05, 3.63) is 89.5 Å². The highest BCUT2D eigenvalue weighted by Crippen LogP contribution is 2.26. The van der Waals surface area contributed by atoms with Crippen molar-refractivity contribution in [1.29, 1.82) is 0 Å². The number of piperazine rings is 1. The van der Waals surface area contributed by atoms with Gasteiger partial charge in [0, 0.05) is 43.0 Å². The highest BCUT2D eigenvalue weighted by Gasteiger charge is 2.25. The number of aromatic nitrogens is 1. The predicted octanol–water partition coefficient (Wildman–Crippen LogP) is 5.10. The summed E-state index contributed by atoms with van der Waals surface area (Å²) in [6, 6.07) is 21.9. The van der Waals surface area contributed by atoms with Crippen LogP contribution in [0.15, 0.2) is 72.8 Å². The molecule has 2 heterocycles. The number of urea groups is 1. The van der Waals surface area contributed by atoms with E-state index in [4.69, 9.17) is 0 Å². The third kappa shape index (κ3) is 5.46. The number of rotatable bonds is 5. The molecule has 3 aromatic carbocycles. The number of para-hydroxylation sites is 2. The highest BCUT2D eigenvalue weighted by molar-refractivity contribution is 7.22. The SMILES string of the molecule is CCc1ccccc1NC(=O)N1CCN(C(=O)c2ccc(C(=O)Nc3nc4ccccc4s3)cc2)CC1. The van der Waals surface area contributed by atoms with Crippen LogP contribution in [0.1, 0.15) is 33.2 Å². The summed E-state index contributed by atoms with van der Waals surface area (Å²) in [6.07, 6.45) is 0.834. The molecule has 0 unspecified atom stereocenters. The molecular weight excluding hydrogens is 486 g/mol. The Morgan fingerprint density at radius 2 is 1.46 bits per heavy atom. The molecule has 0 saturated carbocycles. The monoisotopic (exact) mass is 513 g/mol. The van der Waals surface area contributed by atoms with Crippen LogP contribution in [-0.4, -0.2) is 58.8 Å². The standard InChI is InChI=1S/C28H27N5O3S/c1-2-19-7-3-4-8-22(19)30-28(36)33-17-15-32(16-18-33)26(35)21-13-11-20(12-14-21)25(34)31-27-29-23-9-5-6-10-24(23)37-27/h3-14H,2,15-18H2,1H3,(H,30,36)(H,29,31,34). The van der Waals surface area contributed by atoms with Crippen LogP contribution < -0.4 is 10.6 Å². The van der Waals surface area contributed by atoms with Crippen molar-refractivity contribution < 1.29 is 14.4 Å². The van der Waals surface area contributed by atoms with E-state index in [1.54, 1.807) is 34.1 Å². The Labute approximate surface area is 218 Å². The summed E-state index contributed by atoms with van der Waals surface area (Å²) < 4.78 is 1.00. The van der Waals surface area contributed by atoms with Gasteiger partial charge in [-0.3, -0.25) is 14.9 Å². The fraction of sp³-hybridized carbons (Fsp3) is 0.214. The Bertz CT molecular complexity index is 1410. The maximum Gasteiger partial charge on any atom is 0.321 e. The molecule has 5 rings (SSSR count). The number of carbonyl (C=O) groups is 3. The Morgan fingerprint density at radius 3 is 2.19 bits per heavy atom. The number of benzene rings is 3. The van der Waals surface area contributed by atoms with Crippen molar-refractivity contribution in [2.75, 3.05) is 36.8 Å². The number of hydrogen-bond donors (Lipinski definition) is 2. The molecule has 0 spiro atoms. The number of aryl methyl sites for hydroxylation is 1. The van der Waals surface area contributed by atoms with Crippen LogP contribution in [-0.2, 0) is 6.42 Å². The first-order valence-corrected chi connectivity index (χ1v) is 13.0. The third-order valence-corrected chi connectivity index (χ3v) is 7.35. The van der Waals surface area contributed by atoms with Gasteiger partial charge in [0.25, 0.3) is 11.8 Å². The minimum Gasteiger partial charge on any atom is -0.335 e. The Morgan fingerprint density at radius 1 is 0.811 bits per heavy atom. The van der Waals surface area contributed by atoms with Gasteiger partial charge in [-0.2, -0.15) is 0 Å². The Balaban J connectivity index is 1.15. The largest absolute Gasteiger partial charge is 0.335 e. The first-order chi connectivity index (χ1) is 18.0. The number of fused-ring (bicyclic) bond motifs is 1. The molecule has 4 aromatic rings. The van der Waals surface area contributed by atoms with E-state index in [0.29, 0.717) is 42.4 Å². The number of amides is 4. The molecule has 1 saturated heterocycles. The van der Waals surface area contributed by atoms with Crippen molar-refractivity contribution in [2.24, 2.45) is 0 Å². The van der Waals surface area contributed by atoms with Gasteiger partial charge < -0.3 is 15.1 Å². The number of nitrogens with zero attached hydrogens (tertiary/aromatic N) is 3. The maximum atomic E-state index is 13.0. The van der Waals surface area contributed by atoms with E-state index in [-0.39, 0.29) is 17.8 Å². The normalized spacial score (nSPS) is 13.4. The second kappa shape index (κ2) is 10.8. The van der Waals surface area contributed by atoms with E-state index in [2.05, 4.69) is 22.5 Å². The lowest BCUT2D eigenvalue weighted by Gasteiger charge is -2.35. The first kappa shape index (κ1) is 24.5. The van der Waals surface area contributed by atoms with Crippen molar-refractivity contribution in [3.8, 4) is 0 Å². The van der Waals surface area contributed by atoms with Crippen LogP contribution in [0.3, 0.4) is 0 Å². The smallest absolute Gasteiger partial charge is 0.321 e. The lowest BCUT2D eigenvalue weighted by Crippen LogP contribution is -2.51. The van der Waals surface area contributed by atoms with E-state index in [1.165, 1.54) is 11.3 Å². The number of hydrogen-bond acceptors (Lipinski definition) is 5. The van der Waals surface area contributed by atoms with Crippen LogP contribution in [0, 0.1) is 0 Å². The molecule has 0 aliphatic carbocycles. The summed E-state index contributed by atoms with van der Waals surface area (Å²) in [6.45, 7) is 3.85. The van der Waals surface area contributed by atoms with Gasteiger partial charge in [-0.1, -0.05) is 48.6 Å². The second-order valence-corrected chi connectivity index (χ2v) is 9.77. The molecule has 0 radical (unpaired) electrons. The average molecular weight is 514 g/mol. The fourth-order valence-corrected chi connectivity index (χ4v) is 5.16. The molecule has 37 heavy (non-hydrogen) atoms. The van der Waals surface area contributed by atoms with E-state index in [1.807, 2.05) is 48.5 Å². The molecule has 0 bridgehead atoms. The molecule has 1 aromatic heterocycles. The van der Waals surface area contributed by atoms with Crippen LogP contribution >= 0.6 is 11.3 Å². The van der Waals surface area contributed by atoms with Crippen molar-refractivity contribution in [1.82, 2.24) is 14.8 Å². The van der Waals surface area contributed by atoms with Gasteiger partial charge in [0.05, 0.1) is 10.2 Å². The van der Waals surface area contributed by atoms with E-state index >= 15 is 0 Å². The molecule has 8 nitrogen and oxygen atoms in total. The summed E-state index contributed by atoms with van der Waals surface area (Å²) in [4.78, 5) is 46.3. The summed E-state index contributed by atoms with van der Waals surface area (Å²) in [5, 5.41) is 6.35. The predicted molar refractivity (Wildman–Crippen MR) is 146 cm³/mol. The van der Waals surface area contributed by atoms with Crippen molar-refractivity contribution in [3.63, 3.8) is 0 Å². The minimum absolute atomic E-state index is 0.116. The quantitative estimate of drug-likeness (QED) is 0.388. The van der Waals surface area contributed by atoms with E-state index in [0.717, 1.165) is 27.9 Å². The summed E-state index contributed by atoms with van der Waals surface area (Å²) in [5.41, 5.74) is 3.70. The van der Waals surface area contributed by atoms with E-state index < -0.39 is 0 Å². The molecule has 1 aliphatic heterocycles. The minimum atomic E-state index is -0.276. The highest BCUT2D eigenvalue weighted by atomic mass is 32.1. The van der Waals surface area contributed by atoms with Crippen LogP contribution in [0.4, 0.5) is 15.6 Å². The number of thiazole rings is 1. The maximum absolute atomic E-state index is 13.0. The molecular formula is C28H27N5O3S. The molecule has 1 fully saturated rings. The fourth-order valence-electron chi connectivity index (χ4n) is 4.30. The van der Waals surface area contributed by atoms with Gasteiger partial charge in [-0.15, -0.1) is 0 Å². The first-order valence-electron chi connectivity index (χ1n) is 12.2. The molecule has 4 amide bonds. The van der Waals surface area contributed by atoms with Gasteiger partial charge >= 0.3 is 6.03 Å². The lowest BCUT2D eigenvalue weighted by atomic mass is 10.1. The van der Waals surface area contributed by atoms with Gasteiger partial charge in [0.2, 0.25) is 0 Å². The number of anilines is 2. The van der Waals surface area contributed by atoms with Crippen LogP contribution in [0.2, 0.25) is 0 Å². The molecule has 9 heteroatoms. The van der Waals surface area contributed by atoms with Crippen molar-refractivity contribution >= 4 is 50.2 Å². The van der Waals surface area contributed by atoms with Gasteiger partial charge in [-0.25, -0.2) is 9.78 Å².